The van der Waals surface area contributed by atoms with Gasteiger partial charge in [0.05, 0.1) is 0 Å². The fourth-order valence-corrected chi connectivity index (χ4v) is 1.44. The molecule has 1 aliphatic rings. The monoisotopic (exact) mass is 156 g/mol. The van der Waals surface area contributed by atoms with E-state index in [9.17, 15) is 0 Å². The zero-order chi connectivity index (χ0) is 7.56. The maximum absolute atomic E-state index is 5.26. The average molecular weight is 156 g/mol. The van der Waals surface area contributed by atoms with Gasteiger partial charge in [-0.3, -0.25) is 0 Å². The predicted octanol–water partition coefficient (Wildman–Crippen LogP) is 0.936. The molecule has 1 aliphatic heterocycles. The van der Waals surface area contributed by atoms with Crippen molar-refractivity contribution in [2.24, 2.45) is 5.73 Å². The molecule has 0 atom stereocenters. The highest BCUT2D eigenvalue weighted by Crippen LogP contribution is 2.18. The van der Waals surface area contributed by atoms with Gasteiger partial charge in [-0.25, -0.2) is 4.31 Å². The van der Waals surface area contributed by atoms with Gasteiger partial charge in [-0.1, -0.05) is 18.4 Å². The van der Waals surface area contributed by atoms with Gasteiger partial charge in [0.15, 0.2) is 0 Å². The SMILES string of the molecule is CC1=C(/C=C\N)CN(S)C1. The third-order valence-electron chi connectivity index (χ3n) is 1.62. The van der Waals surface area contributed by atoms with Gasteiger partial charge in [0, 0.05) is 13.1 Å². The van der Waals surface area contributed by atoms with Gasteiger partial charge in [0.1, 0.15) is 0 Å². The number of hydrogen-bond acceptors (Lipinski definition) is 3. The van der Waals surface area contributed by atoms with E-state index in [1.807, 2.05) is 10.4 Å². The molecule has 0 amide bonds. The Kier molecular flexibility index (Phi) is 2.40. The van der Waals surface area contributed by atoms with Crippen molar-refractivity contribution in [3.63, 3.8) is 0 Å². The van der Waals surface area contributed by atoms with Crippen LogP contribution in [-0.4, -0.2) is 17.4 Å². The molecule has 0 aromatic heterocycles. The fraction of sp³-hybridized carbons (Fsp3) is 0.429. The van der Waals surface area contributed by atoms with Crippen LogP contribution in [0.15, 0.2) is 23.4 Å². The number of rotatable bonds is 1. The van der Waals surface area contributed by atoms with Crippen molar-refractivity contribution in [2.45, 2.75) is 6.92 Å². The predicted molar refractivity (Wildman–Crippen MR) is 46.6 cm³/mol. The molecule has 1 rings (SSSR count). The van der Waals surface area contributed by atoms with Crippen LogP contribution in [0, 0.1) is 0 Å². The molecule has 1 heterocycles. The Morgan fingerprint density at radius 2 is 2.30 bits per heavy atom. The summed E-state index contributed by atoms with van der Waals surface area (Å²) in [5.74, 6) is 0. The second-order valence-electron chi connectivity index (χ2n) is 2.49. The Labute approximate surface area is 66.9 Å². The molecule has 0 aliphatic carbocycles. The Morgan fingerprint density at radius 3 is 2.70 bits per heavy atom. The molecule has 0 aromatic carbocycles. The zero-order valence-electron chi connectivity index (χ0n) is 6.04. The summed E-state index contributed by atoms with van der Waals surface area (Å²) in [6, 6.07) is 0. The molecule has 2 nitrogen and oxygen atoms in total. The van der Waals surface area contributed by atoms with E-state index in [-0.39, 0.29) is 0 Å². The lowest BCUT2D eigenvalue weighted by Gasteiger charge is -2.02. The third-order valence-corrected chi connectivity index (χ3v) is 1.90. The highest BCUT2D eigenvalue weighted by molar-refractivity contribution is 7.77. The Morgan fingerprint density at radius 1 is 1.60 bits per heavy atom. The summed E-state index contributed by atoms with van der Waals surface area (Å²) in [5.41, 5.74) is 7.91. The van der Waals surface area contributed by atoms with E-state index in [1.165, 1.54) is 11.1 Å². The van der Waals surface area contributed by atoms with Crippen molar-refractivity contribution >= 4 is 12.8 Å². The van der Waals surface area contributed by atoms with Gasteiger partial charge in [-0.2, -0.15) is 0 Å². The van der Waals surface area contributed by atoms with Crippen LogP contribution < -0.4 is 5.73 Å². The van der Waals surface area contributed by atoms with Crippen LogP contribution in [0.3, 0.4) is 0 Å². The highest BCUT2D eigenvalue weighted by atomic mass is 32.1. The molecular weight excluding hydrogens is 144 g/mol. The van der Waals surface area contributed by atoms with Crippen molar-refractivity contribution in [1.29, 1.82) is 0 Å². The minimum absolute atomic E-state index is 0.905. The van der Waals surface area contributed by atoms with Gasteiger partial charge in [-0.15, -0.1) is 0 Å². The zero-order valence-corrected chi connectivity index (χ0v) is 6.94. The summed E-state index contributed by atoms with van der Waals surface area (Å²) in [4.78, 5) is 0. The minimum atomic E-state index is 0.905. The van der Waals surface area contributed by atoms with E-state index in [2.05, 4.69) is 19.7 Å². The molecule has 2 N–H and O–H groups in total. The molecule has 0 bridgehead atoms. The first-order valence-corrected chi connectivity index (χ1v) is 3.64. The van der Waals surface area contributed by atoms with E-state index >= 15 is 0 Å². The standard InChI is InChI=1S/C7H12N2S/c1-6-4-9(10)5-7(6)2-3-8/h2-3,10H,4-5,8H2,1H3/b3-2-. The maximum atomic E-state index is 5.26. The van der Waals surface area contributed by atoms with Crippen LogP contribution in [0.5, 0.6) is 0 Å². The molecule has 0 spiro atoms. The van der Waals surface area contributed by atoms with Crippen molar-refractivity contribution in [1.82, 2.24) is 4.31 Å². The maximum Gasteiger partial charge on any atom is 0.0342 e. The lowest BCUT2D eigenvalue weighted by Crippen LogP contribution is -2.07. The van der Waals surface area contributed by atoms with E-state index in [0.29, 0.717) is 0 Å². The van der Waals surface area contributed by atoms with Crippen molar-refractivity contribution < 1.29 is 0 Å². The first-order chi connectivity index (χ1) is 4.74. The molecule has 0 aromatic rings. The number of nitrogens with zero attached hydrogens (tertiary/aromatic N) is 1. The minimum Gasteiger partial charge on any atom is -0.405 e. The van der Waals surface area contributed by atoms with E-state index in [1.54, 1.807) is 6.20 Å². The smallest absolute Gasteiger partial charge is 0.0342 e. The van der Waals surface area contributed by atoms with Crippen LogP contribution in [0.4, 0.5) is 0 Å². The van der Waals surface area contributed by atoms with Crippen molar-refractivity contribution in [2.75, 3.05) is 13.1 Å². The van der Waals surface area contributed by atoms with Crippen molar-refractivity contribution in [3.05, 3.63) is 23.4 Å². The summed E-state index contributed by atoms with van der Waals surface area (Å²) in [5, 5.41) is 0. The van der Waals surface area contributed by atoms with Crippen LogP contribution in [0.1, 0.15) is 6.92 Å². The summed E-state index contributed by atoms with van der Waals surface area (Å²) >= 11 is 4.22. The first kappa shape index (κ1) is 7.69. The van der Waals surface area contributed by atoms with Gasteiger partial charge in [0.2, 0.25) is 0 Å². The summed E-state index contributed by atoms with van der Waals surface area (Å²) in [7, 11) is 0. The largest absolute Gasteiger partial charge is 0.405 e. The second-order valence-corrected chi connectivity index (χ2v) is 3.05. The molecule has 10 heavy (non-hydrogen) atoms. The van der Waals surface area contributed by atoms with Gasteiger partial charge >= 0.3 is 0 Å². The van der Waals surface area contributed by atoms with Crippen LogP contribution >= 0.6 is 12.8 Å². The molecule has 0 radical (unpaired) electrons. The van der Waals surface area contributed by atoms with E-state index in [0.717, 1.165) is 13.1 Å². The number of hydrogen-bond donors (Lipinski definition) is 2. The average Bonchev–Trinajstić information content (AvgIpc) is 2.13. The summed E-state index contributed by atoms with van der Waals surface area (Å²) in [6.45, 7) is 3.96. The lowest BCUT2D eigenvalue weighted by molar-refractivity contribution is 0.605. The summed E-state index contributed by atoms with van der Waals surface area (Å²) < 4.78 is 1.96. The molecule has 3 heteroatoms. The van der Waals surface area contributed by atoms with Gasteiger partial charge in [0.25, 0.3) is 0 Å². The molecule has 0 fully saturated rings. The molecule has 0 saturated heterocycles. The molecular formula is C7H12N2S. The third kappa shape index (κ3) is 1.55. The fourth-order valence-electron chi connectivity index (χ4n) is 1.07. The quantitative estimate of drug-likeness (QED) is 0.553. The van der Waals surface area contributed by atoms with Crippen LogP contribution in [-0.2, 0) is 0 Å². The Bertz CT molecular complexity index is 184. The normalized spacial score (nSPS) is 21.4. The van der Waals surface area contributed by atoms with Gasteiger partial charge < -0.3 is 5.73 Å². The number of nitrogens with two attached hydrogens (primary N) is 1. The van der Waals surface area contributed by atoms with Crippen molar-refractivity contribution in [3.8, 4) is 0 Å². The van der Waals surface area contributed by atoms with Gasteiger partial charge in [-0.05, 0) is 24.8 Å². The van der Waals surface area contributed by atoms with Crippen LogP contribution in [0.2, 0.25) is 0 Å². The molecule has 0 unspecified atom stereocenters. The topological polar surface area (TPSA) is 29.3 Å². The first-order valence-electron chi connectivity index (χ1n) is 3.24. The Hall–Kier alpha value is -0.410. The lowest BCUT2D eigenvalue weighted by atomic mass is 10.2. The highest BCUT2D eigenvalue weighted by Gasteiger charge is 2.13. The Balaban J connectivity index is 2.66. The molecule has 56 valence electrons. The van der Waals surface area contributed by atoms with Crippen LogP contribution in [0.25, 0.3) is 0 Å². The molecule has 0 saturated carbocycles. The van der Waals surface area contributed by atoms with E-state index in [4.69, 9.17) is 5.73 Å². The summed E-state index contributed by atoms with van der Waals surface area (Å²) in [6.07, 6.45) is 3.51. The van der Waals surface area contributed by atoms with E-state index < -0.39 is 0 Å². The number of thiol groups is 1. The second kappa shape index (κ2) is 3.12.